The summed E-state index contributed by atoms with van der Waals surface area (Å²) in [5.74, 6) is 0.427. The fraction of sp³-hybridized carbons (Fsp3) is 0.714. The molecule has 0 aliphatic heterocycles. The molecule has 0 aromatic carbocycles. The van der Waals surface area contributed by atoms with Crippen LogP contribution in [0.2, 0.25) is 0 Å². The first-order valence-electron chi connectivity index (χ1n) is 4.26. The fourth-order valence-electron chi connectivity index (χ4n) is 0.773. The Morgan fingerprint density at radius 2 is 2.29 bits per heavy atom. The van der Waals surface area contributed by atoms with E-state index >= 15 is 0 Å². The zero-order valence-electron chi connectivity index (χ0n) is 8.10. The summed E-state index contributed by atoms with van der Waals surface area (Å²) in [6.07, 6.45) is 1.69. The zero-order valence-corrected chi connectivity index (χ0v) is 8.91. The van der Waals surface area contributed by atoms with Gasteiger partial charge in [-0.1, -0.05) is 5.16 Å². The molecule has 0 saturated heterocycles. The first kappa shape index (κ1) is 11.1. The molecule has 0 saturated carbocycles. The van der Waals surface area contributed by atoms with Crippen molar-refractivity contribution in [3.63, 3.8) is 0 Å². The summed E-state index contributed by atoms with van der Waals surface area (Å²) in [6, 6.07) is 0. The van der Waals surface area contributed by atoms with Crippen LogP contribution in [0.15, 0.2) is 10.9 Å². The Morgan fingerprint density at radius 1 is 1.57 bits per heavy atom. The second kappa shape index (κ2) is 4.52. The summed E-state index contributed by atoms with van der Waals surface area (Å²) in [7, 11) is -3.19. The number of nitrogens with one attached hydrogen (secondary N) is 1. The third kappa shape index (κ3) is 3.08. The third-order valence-electron chi connectivity index (χ3n) is 1.67. The smallest absolute Gasteiger partial charge is 0.227 e. The largest absolute Gasteiger partial charge is 0.340 e. The monoisotopic (exact) mass is 219 g/mol. The molecular formula is C7H13N3O3S. The van der Waals surface area contributed by atoms with Gasteiger partial charge in [-0.3, -0.25) is 0 Å². The van der Waals surface area contributed by atoms with Crippen LogP contribution in [0.3, 0.4) is 0 Å². The maximum atomic E-state index is 11.3. The van der Waals surface area contributed by atoms with Crippen LogP contribution in [0.5, 0.6) is 0 Å². The standard InChI is InChI=1S/C7H13N3O3S/c1-6(2)14(11,12)10-4-3-7-8-5-9-13-7/h5-6,10H,3-4H2,1-2H3. The van der Waals surface area contributed by atoms with Gasteiger partial charge in [0.15, 0.2) is 6.33 Å². The van der Waals surface area contributed by atoms with Gasteiger partial charge in [-0.05, 0) is 13.8 Å². The highest BCUT2D eigenvalue weighted by Gasteiger charge is 2.14. The highest BCUT2D eigenvalue weighted by molar-refractivity contribution is 7.90. The number of hydrogen-bond acceptors (Lipinski definition) is 5. The molecule has 0 fully saturated rings. The van der Waals surface area contributed by atoms with Crippen molar-refractivity contribution in [3.8, 4) is 0 Å². The molecule has 1 rings (SSSR count). The minimum absolute atomic E-state index is 0.280. The van der Waals surface area contributed by atoms with Crippen LogP contribution in [-0.2, 0) is 16.4 Å². The Morgan fingerprint density at radius 3 is 2.79 bits per heavy atom. The number of hydrogen-bond donors (Lipinski definition) is 1. The minimum atomic E-state index is -3.19. The van der Waals surface area contributed by atoms with E-state index in [0.717, 1.165) is 0 Å². The van der Waals surface area contributed by atoms with Crippen molar-refractivity contribution in [1.29, 1.82) is 0 Å². The van der Waals surface area contributed by atoms with Gasteiger partial charge in [0, 0.05) is 13.0 Å². The lowest BCUT2D eigenvalue weighted by atomic mass is 10.4. The molecule has 0 amide bonds. The van der Waals surface area contributed by atoms with Crippen LogP contribution in [-0.4, -0.2) is 30.4 Å². The summed E-state index contributed by atoms with van der Waals surface area (Å²) >= 11 is 0. The summed E-state index contributed by atoms with van der Waals surface area (Å²) in [5, 5.41) is 2.98. The average molecular weight is 219 g/mol. The zero-order chi connectivity index (χ0) is 10.6. The number of sulfonamides is 1. The highest BCUT2D eigenvalue weighted by Crippen LogP contribution is 1.97. The lowest BCUT2D eigenvalue weighted by Gasteiger charge is -2.07. The Bertz CT molecular complexity index is 358. The van der Waals surface area contributed by atoms with Crippen molar-refractivity contribution in [3.05, 3.63) is 12.2 Å². The van der Waals surface area contributed by atoms with Crippen molar-refractivity contribution >= 4 is 10.0 Å². The SMILES string of the molecule is CC(C)S(=O)(=O)NCCc1ncno1. The molecule has 1 heterocycles. The molecule has 1 aromatic heterocycles. The Kier molecular flexibility index (Phi) is 3.59. The quantitative estimate of drug-likeness (QED) is 0.749. The van der Waals surface area contributed by atoms with Crippen molar-refractivity contribution in [2.75, 3.05) is 6.54 Å². The van der Waals surface area contributed by atoms with E-state index < -0.39 is 15.3 Å². The normalized spacial score (nSPS) is 12.2. The van der Waals surface area contributed by atoms with Crippen LogP contribution in [0.25, 0.3) is 0 Å². The molecule has 0 aliphatic rings. The predicted octanol–water partition coefficient (Wildman–Crippen LogP) is -0.0601. The molecule has 0 atom stereocenters. The summed E-state index contributed by atoms with van der Waals surface area (Å²) in [6.45, 7) is 3.52. The molecule has 14 heavy (non-hydrogen) atoms. The van der Waals surface area contributed by atoms with Crippen LogP contribution >= 0.6 is 0 Å². The molecule has 0 bridgehead atoms. The van der Waals surface area contributed by atoms with E-state index in [-0.39, 0.29) is 6.54 Å². The van der Waals surface area contributed by atoms with Gasteiger partial charge in [0.25, 0.3) is 0 Å². The second-order valence-corrected chi connectivity index (χ2v) is 5.39. The molecule has 0 spiro atoms. The molecule has 0 aliphatic carbocycles. The molecule has 0 radical (unpaired) electrons. The number of nitrogens with zero attached hydrogens (tertiary/aromatic N) is 2. The van der Waals surface area contributed by atoms with Crippen LogP contribution in [0.4, 0.5) is 0 Å². The molecule has 7 heteroatoms. The topological polar surface area (TPSA) is 85.1 Å². The number of rotatable bonds is 5. The molecule has 1 N–H and O–H groups in total. The van der Waals surface area contributed by atoms with E-state index in [4.69, 9.17) is 4.52 Å². The minimum Gasteiger partial charge on any atom is -0.340 e. The average Bonchev–Trinajstić information content (AvgIpc) is 2.56. The fourth-order valence-corrected chi connectivity index (χ4v) is 1.49. The Hall–Kier alpha value is -0.950. The number of aromatic nitrogens is 2. The van der Waals surface area contributed by atoms with Gasteiger partial charge in [-0.15, -0.1) is 0 Å². The van der Waals surface area contributed by atoms with Gasteiger partial charge in [0.05, 0.1) is 5.25 Å². The Balaban J connectivity index is 2.36. The van der Waals surface area contributed by atoms with Gasteiger partial charge >= 0.3 is 0 Å². The van der Waals surface area contributed by atoms with Crippen molar-refractivity contribution in [1.82, 2.24) is 14.9 Å². The first-order chi connectivity index (χ1) is 6.52. The summed E-state index contributed by atoms with van der Waals surface area (Å²) < 4.78 is 29.7. The van der Waals surface area contributed by atoms with Gasteiger partial charge in [-0.2, -0.15) is 4.98 Å². The van der Waals surface area contributed by atoms with Crippen molar-refractivity contribution in [2.24, 2.45) is 0 Å². The van der Waals surface area contributed by atoms with E-state index in [0.29, 0.717) is 12.3 Å². The van der Waals surface area contributed by atoms with Crippen LogP contribution in [0.1, 0.15) is 19.7 Å². The van der Waals surface area contributed by atoms with E-state index in [1.54, 1.807) is 13.8 Å². The van der Waals surface area contributed by atoms with Gasteiger partial charge in [0.1, 0.15) is 0 Å². The van der Waals surface area contributed by atoms with Crippen molar-refractivity contribution < 1.29 is 12.9 Å². The van der Waals surface area contributed by atoms with Crippen LogP contribution < -0.4 is 4.72 Å². The van der Waals surface area contributed by atoms with E-state index in [9.17, 15) is 8.42 Å². The summed E-state index contributed by atoms with van der Waals surface area (Å²) in [5.41, 5.74) is 0. The van der Waals surface area contributed by atoms with Gasteiger partial charge < -0.3 is 4.52 Å². The van der Waals surface area contributed by atoms with Crippen LogP contribution in [0, 0.1) is 0 Å². The Labute approximate surface area is 82.8 Å². The first-order valence-corrected chi connectivity index (χ1v) is 5.81. The maximum Gasteiger partial charge on any atom is 0.227 e. The lowest BCUT2D eigenvalue weighted by Crippen LogP contribution is -2.32. The molecule has 1 aromatic rings. The van der Waals surface area contributed by atoms with Gasteiger partial charge in [-0.25, -0.2) is 13.1 Å². The predicted molar refractivity (Wildman–Crippen MR) is 50.1 cm³/mol. The second-order valence-electron chi connectivity index (χ2n) is 3.07. The van der Waals surface area contributed by atoms with E-state index in [1.807, 2.05) is 0 Å². The molecule has 80 valence electrons. The highest BCUT2D eigenvalue weighted by atomic mass is 32.2. The van der Waals surface area contributed by atoms with E-state index in [1.165, 1.54) is 6.33 Å². The maximum absolute atomic E-state index is 11.3. The molecule has 6 nitrogen and oxygen atoms in total. The summed E-state index contributed by atoms with van der Waals surface area (Å²) in [4.78, 5) is 3.77. The lowest BCUT2D eigenvalue weighted by molar-refractivity contribution is 0.377. The molecular weight excluding hydrogens is 206 g/mol. The molecule has 0 unspecified atom stereocenters. The third-order valence-corrected chi connectivity index (χ3v) is 3.52. The van der Waals surface area contributed by atoms with Crippen molar-refractivity contribution in [2.45, 2.75) is 25.5 Å². The van der Waals surface area contributed by atoms with Gasteiger partial charge in [0.2, 0.25) is 15.9 Å². The van der Waals surface area contributed by atoms with E-state index in [2.05, 4.69) is 14.9 Å².